The average molecular weight is 430 g/mol. The number of hydrogen-bond donors (Lipinski definition) is 0. The molecule has 0 spiro atoms. The molecular formula is C28H28ClNO. The fourth-order valence-electron chi connectivity index (χ4n) is 5.54. The number of amides is 1. The normalized spacial score (nSPS) is 19.8. The van der Waals surface area contributed by atoms with E-state index in [0.29, 0.717) is 5.02 Å². The predicted octanol–water partition coefficient (Wildman–Crippen LogP) is 6.63. The standard InChI is InChI=1S/C28H28ClNO/c1-20-8-10-22(11-9-20)26-25-7-3-2-6-21(25)16-19-30(26)27(31)28(17-4-5-18-28)23-12-14-24(29)15-13-23/h2-3,6-15,26H,4-5,16-19H2,1H3/t26-/m0/s1. The van der Waals surface area contributed by atoms with E-state index in [1.165, 1.54) is 22.3 Å². The van der Waals surface area contributed by atoms with E-state index in [1.54, 1.807) is 0 Å². The van der Waals surface area contributed by atoms with Gasteiger partial charge in [-0.1, -0.05) is 90.7 Å². The smallest absolute Gasteiger partial charge is 0.234 e. The molecule has 0 bridgehead atoms. The minimum Gasteiger partial charge on any atom is -0.330 e. The number of halogens is 1. The van der Waals surface area contributed by atoms with E-state index in [0.717, 1.165) is 44.2 Å². The van der Waals surface area contributed by atoms with Crippen LogP contribution in [0.2, 0.25) is 5.02 Å². The number of fused-ring (bicyclic) bond motifs is 1. The summed E-state index contributed by atoms with van der Waals surface area (Å²) in [5.74, 6) is 0.271. The van der Waals surface area contributed by atoms with Gasteiger partial charge >= 0.3 is 0 Å². The van der Waals surface area contributed by atoms with E-state index in [-0.39, 0.29) is 11.9 Å². The Morgan fingerprint density at radius 2 is 1.61 bits per heavy atom. The molecule has 1 atom stereocenters. The van der Waals surface area contributed by atoms with Crippen LogP contribution < -0.4 is 0 Å². The molecule has 1 saturated carbocycles. The molecule has 3 aromatic carbocycles. The maximum atomic E-state index is 14.4. The van der Waals surface area contributed by atoms with E-state index < -0.39 is 5.41 Å². The van der Waals surface area contributed by atoms with Crippen molar-refractivity contribution in [2.75, 3.05) is 6.54 Å². The Morgan fingerprint density at radius 3 is 2.32 bits per heavy atom. The maximum absolute atomic E-state index is 14.4. The first-order valence-electron chi connectivity index (χ1n) is 11.3. The van der Waals surface area contributed by atoms with Gasteiger partial charge in [-0.3, -0.25) is 4.79 Å². The van der Waals surface area contributed by atoms with Crippen LogP contribution in [0.5, 0.6) is 0 Å². The minimum absolute atomic E-state index is 0.0391. The minimum atomic E-state index is -0.445. The molecule has 1 fully saturated rings. The zero-order valence-corrected chi connectivity index (χ0v) is 18.7. The van der Waals surface area contributed by atoms with Crippen molar-refractivity contribution >= 4 is 17.5 Å². The molecule has 1 amide bonds. The Bertz CT molecular complexity index is 1080. The second kappa shape index (κ2) is 8.16. The molecule has 31 heavy (non-hydrogen) atoms. The van der Waals surface area contributed by atoms with Crippen molar-refractivity contribution in [2.45, 2.75) is 50.5 Å². The molecule has 1 aliphatic carbocycles. The molecule has 0 aromatic heterocycles. The van der Waals surface area contributed by atoms with Crippen molar-refractivity contribution in [1.29, 1.82) is 0 Å². The summed E-state index contributed by atoms with van der Waals surface area (Å²) < 4.78 is 0. The molecule has 158 valence electrons. The van der Waals surface area contributed by atoms with Crippen molar-refractivity contribution in [2.24, 2.45) is 0 Å². The van der Waals surface area contributed by atoms with Gasteiger partial charge in [0.1, 0.15) is 0 Å². The van der Waals surface area contributed by atoms with Crippen LogP contribution in [0.25, 0.3) is 0 Å². The molecule has 3 aromatic rings. The van der Waals surface area contributed by atoms with E-state index in [2.05, 4.69) is 72.5 Å². The average Bonchev–Trinajstić information content (AvgIpc) is 3.30. The van der Waals surface area contributed by atoms with Crippen LogP contribution >= 0.6 is 11.6 Å². The van der Waals surface area contributed by atoms with Crippen molar-refractivity contribution in [3.63, 3.8) is 0 Å². The maximum Gasteiger partial charge on any atom is 0.234 e. The topological polar surface area (TPSA) is 20.3 Å². The Balaban J connectivity index is 1.60. The Morgan fingerprint density at radius 1 is 0.935 bits per heavy atom. The summed E-state index contributed by atoms with van der Waals surface area (Å²) in [6.07, 6.45) is 4.90. The van der Waals surface area contributed by atoms with Gasteiger partial charge in [0.25, 0.3) is 0 Å². The van der Waals surface area contributed by atoms with Crippen LogP contribution in [-0.4, -0.2) is 17.4 Å². The van der Waals surface area contributed by atoms with Crippen LogP contribution in [-0.2, 0) is 16.6 Å². The zero-order chi connectivity index (χ0) is 21.4. The van der Waals surface area contributed by atoms with Gasteiger partial charge in [0.2, 0.25) is 5.91 Å². The van der Waals surface area contributed by atoms with E-state index >= 15 is 0 Å². The highest BCUT2D eigenvalue weighted by Crippen LogP contribution is 2.46. The van der Waals surface area contributed by atoms with Gasteiger partial charge in [0, 0.05) is 11.6 Å². The fraction of sp³-hybridized carbons (Fsp3) is 0.321. The summed E-state index contributed by atoms with van der Waals surface area (Å²) in [6, 6.07) is 25.2. The molecule has 2 aliphatic rings. The number of carbonyl (C=O) groups excluding carboxylic acids is 1. The van der Waals surface area contributed by atoms with Crippen molar-refractivity contribution in [3.05, 3.63) is 106 Å². The van der Waals surface area contributed by atoms with Gasteiger partial charge in [-0.25, -0.2) is 0 Å². The monoisotopic (exact) mass is 429 g/mol. The number of aryl methyl sites for hydroxylation is 1. The van der Waals surface area contributed by atoms with Gasteiger partial charge in [-0.2, -0.15) is 0 Å². The van der Waals surface area contributed by atoms with Crippen LogP contribution in [0.15, 0.2) is 72.8 Å². The third-order valence-corrected chi connectivity index (χ3v) is 7.45. The second-order valence-corrected chi connectivity index (χ2v) is 9.49. The molecule has 3 heteroatoms. The number of rotatable bonds is 3. The van der Waals surface area contributed by atoms with Gasteiger partial charge < -0.3 is 4.90 Å². The number of hydrogen-bond acceptors (Lipinski definition) is 1. The summed E-state index contributed by atoms with van der Waals surface area (Å²) in [7, 11) is 0. The lowest BCUT2D eigenvalue weighted by Crippen LogP contribution is -2.49. The molecular weight excluding hydrogens is 402 g/mol. The van der Waals surface area contributed by atoms with Crippen molar-refractivity contribution < 1.29 is 4.79 Å². The second-order valence-electron chi connectivity index (χ2n) is 9.06. The zero-order valence-electron chi connectivity index (χ0n) is 18.0. The largest absolute Gasteiger partial charge is 0.330 e. The van der Waals surface area contributed by atoms with Crippen molar-refractivity contribution in [1.82, 2.24) is 4.90 Å². The molecule has 0 N–H and O–H groups in total. The first-order chi connectivity index (χ1) is 15.1. The fourth-order valence-corrected chi connectivity index (χ4v) is 5.67. The quantitative estimate of drug-likeness (QED) is 0.457. The first-order valence-corrected chi connectivity index (χ1v) is 11.7. The molecule has 0 unspecified atom stereocenters. The molecule has 1 aliphatic heterocycles. The predicted molar refractivity (Wildman–Crippen MR) is 126 cm³/mol. The van der Waals surface area contributed by atoms with Gasteiger partial charge in [-0.05, 0) is 60.6 Å². The Kier molecular flexibility index (Phi) is 5.35. The highest BCUT2D eigenvalue weighted by molar-refractivity contribution is 6.30. The summed E-state index contributed by atoms with van der Waals surface area (Å²) in [5.41, 5.74) is 5.70. The molecule has 5 rings (SSSR count). The van der Waals surface area contributed by atoms with Crippen molar-refractivity contribution in [3.8, 4) is 0 Å². The SMILES string of the molecule is Cc1ccc([C@H]2c3ccccc3CCN2C(=O)C2(c3ccc(Cl)cc3)CCCC2)cc1. The van der Waals surface area contributed by atoms with E-state index in [4.69, 9.17) is 11.6 Å². The lowest BCUT2D eigenvalue weighted by atomic mass is 9.76. The highest BCUT2D eigenvalue weighted by atomic mass is 35.5. The number of nitrogens with zero attached hydrogens (tertiary/aromatic N) is 1. The summed E-state index contributed by atoms with van der Waals surface area (Å²) in [5, 5.41) is 0.716. The first kappa shape index (κ1) is 20.3. The van der Waals surface area contributed by atoms with Crippen LogP contribution in [0.1, 0.15) is 59.5 Å². The molecule has 1 heterocycles. The molecule has 0 radical (unpaired) electrons. The summed E-state index contributed by atoms with van der Waals surface area (Å²) >= 11 is 6.17. The molecule has 2 nitrogen and oxygen atoms in total. The Labute approximate surface area is 189 Å². The Hall–Kier alpha value is -2.58. The number of benzene rings is 3. The molecule has 0 saturated heterocycles. The van der Waals surface area contributed by atoms with Crippen LogP contribution in [0.3, 0.4) is 0 Å². The van der Waals surface area contributed by atoms with E-state index in [1.807, 2.05) is 12.1 Å². The van der Waals surface area contributed by atoms with Gasteiger partial charge in [0.05, 0.1) is 11.5 Å². The highest BCUT2D eigenvalue weighted by Gasteiger charge is 2.47. The van der Waals surface area contributed by atoms with Gasteiger partial charge in [0.15, 0.2) is 0 Å². The van der Waals surface area contributed by atoms with Crippen LogP contribution in [0.4, 0.5) is 0 Å². The lowest BCUT2D eigenvalue weighted by molar-refractivity contribution is -0.139. The van der Waals surface area contributed by atoms with Gasteiger partial charge in [-0.15, -0.1) is 0 Å². The summed E-state index contributed by atoms with van der Waals surface area (Å²) in [4.78, 5) is 16.5. The third-order valence-electron chi connectivity index (χ3n) is 7.20. The van der Waals surface area contributed by atoms with Crippen LogP contribution in [0, 0.1) is 6.92 Å². The third kappa shape index (κ3) is 3.57. The number of carbonyl (C=O) groups is 1. The van der Waals surface area contributed by atoms with E-state index in [9.17, 15) is 4.79 Å². The summed E-state index contributed by atoms with van der Waals surface area (Å²) in [6.45, 7) is 2.86. The lowest BCUT2D eigenvalue weighted by Gasteiger charge is -2.43.